The first-order chi connectivity index (χ1) is 9.85. The molecule has 0 spiro atoms. The Morgan fingerprint density at radius 2 is 2.24 bits per heavy atom. The molecule has 0 radical (unpaired) electrons. The summed E-state index contributed by atoms with van der Waals surface area (Å²) in [5.74, 6) is -1.06. The summed E-state index contributed by atoms with van der Waals surface area (Å²) in [7, 11) is 0. The number of nitrogens with zero attached hydrogens (tertiary/aromatic N) is 1. The smallest absolute Gasteiger partial charge is 0.228 e. The van der Waals surface area contributed by atoms with Gasteiger partial charge in [0.25, 0.3) is 0 Å². The van der Waals surface area contributed by atoms with Gasteiger partial charge in [0.05, 0.1) is 5.69 Å². The van der Waals surface area contributed by atoms with Crippen LogP contribution in [0.1, 0.15) is 38.7 Å². The largest absolute Gasteiger partial charge is 0.409 e. The molecule has 4 N–H and O–H groups in total. The van der Waals surface area contributed by atoms with Gasteiger partial charge in [-0.05, 0) is 36.5 Å². The maximum Gasteiger partial charge on any atom is 0.228 e. The van der Waals surface area contributed by atoms with Gasteiger partial charge in [-0.25, -0.2) is 4.39 Å². The standard InChI is InChI=1S/C15H20FN3O2/c1-15(2)7-3-4-10(15)14(20)18-12-6-5-9(8-11(12)16)13(17)19-21/h5-6,8,10,21H,3-4,7H2,1-2H3,(H2,17,19)(H,18,20). The van der Waals surface area contributed by atoms with Gasteiger partial charge in [-0.2, -0.15) is 0 Å². The van der Waals surface area contributed by atoms with E-state index in [-0.39, 0.29) is 34.3 Å². The Balaban J connectivity index is 2.15. The average Bonchev–Trinajstić information content (AvgIpc) is 2.79. The van der Waals surface area contributed by atoms with Gasteiger partial charge in [-0.1, -0.05) is 25.4 Å². The Bertz CT molecular complexity index is 584. The fourth-order valence-electron chi connectivity index (χ4n) is 2.87. The summed E-state index contributed by atoms with van der Waals surface area (Å²) in [6.45, 7) is 4.12. The lowest BCUT2D eigenvalue weighted by molar-refractivity contribution is -0.122. The van der Waals surface area contributed by atoms with Crippen molar-refractivity contribution in [3.8, 4) is 0 Å². The zero-order chi connectivity index (χ0) is 15.6. The van der Waals surface area contributed by atoms with Crippen molar-refractivity contribution < 1.29 is 14.4 Å². The number of nitrogens with one attached hydrogen (secondary N) is 1. The average molecular weight is 293 g/mol. The first-order valence-electron chi connectivity index (χ1n) is 6.93. The van der Waals surface area contributed by atoms with Crippen molar-refractivity contribution in [1.82, 2.24) is 0 Å². The van der Waals surface area contributed by atoms with Gasteiger partial charge < -0.3 is 16.3 Å². The maximum absolute atomic E-state index is 14.0. The molecule has 1 saturated carbocycles. The van der Waals surface area contributed by atoms with Crippen molar-refractivity contribution in [2.75, 3.05) is 5.32 Å². The summed E-state index contributed by atoms with van der Waals surface area (Å²) in [5.41, 5.74) is 5.70. The minimum absolute atomic E-state index is 0.0610. The molecule has 1 atom stereocenters. The van der Waals surface area contributed by atoms with E-state index in [0.717, 1.165) is 25.3 Å². The summed E-state index contributed by atoms with van der Waals surface area (Å²) in [5, 5.41) is 14.0. The Morgan fingerprint density at radius 3 is 2.76 bits per heavy atom. The molecule has 0 aliphatic heterocycles. The molecule has 1 unspecified atom stereocenters. The third-order valence-electron chi connectivity index (χ3n) is 4.20. The molecule has 1 fully saturated rings. The lowest BCUT2D eigenvalue weighted by atomic mass is 9.81. The second kappa shape index (κ2) is 5.71. The number of hydrogen-bond donors (Lipinski definition) is 3. The predicted molar refractivity (Wildman–Crippen MR) is 78.7 cm³/mol. The molecule has 1 amide bonds. The van der Waals surface area contributed by atoms with Crippen LogP contribution in [0.5, 0.6) is 0 Å². The van der Waals surface area contributed by atoms with Gasteiger partial charge in [0.2, 0.25) is 5.91 Å². The van der Waals surface area contributed by atoms with Crippen molar-refractivity contribution in [2.45, 2.75) is 33.1 Å². The Labute approximate surface area is 123 Å². The summed E-state index contributed by atoms with van der Waals surface area (Å²) in [4.78, 5) is 12.3. The summed E-state index contributed by atoms with van der Waals surface area (Å²) in [6, 6.07) is 4.04. The van der Waals surface area contributed by atoms with Gasteiger partial charge in [-0.15, -0.1) is 0 Å². The second-order valence-corrected chi connectivity index (χ2v) is 6.10. The zero-order valence-electron chi connectivity index (χ0n) is 12.2. The SMILES string of the molecule is CC1(C)CCCC1C(=O)Nc1ccc(/C(N)=N/O)cc1F. The summed E-state index contributed by atoms with van der Waals surface area (Å²) in [6.07, 6.45) is 2.83. The van der Waals surface area contributed by atoms with E-state index in [1.165, 1.54) is 12.1 Å². The van der Waals surface area contributed by atoms with Crippen molar-refractivity contribution in [2.24, 2.45) is 22.2 Å². The van der Waals surface area contributed by atoms with E-state index in [1.54, 1.807) is 0 Å². The third kappa shape index (κ3) is 3.15. The molecule has 1 aromatic rings. The number of anilines is 1. The Kier molecular flexibility index (Phi) is 4.16. The summed E-state index contributed by atoms with van der Waals surface area (Å²) < 4.78 is 14.0. The first-order valence-corrected chi connectivity index (χ1v) is 6.93. The molecule has 5 nitrogen and oxygen atoms in total. The fourth-order valence-corrected chi connectivity index (χ4v) is 2.87. The highest BCUT2D eigenvalue weighted by molar-refractivity contribution is 5.98. The minimum Gasteiger partial charge on any atom is -0.409 e. The van der Waals surface area contributed by atoms with Gasteiger partial charge in [0.1, 0.15) is 5.82 Å². The number of carbonyl (C=O) groups excluding carboxylic acids is 1. The molecule has 1 aromatic carbocycles. The lowest BCUT2D eigenvalue weighted by Gasteiger charge is -2.26. The number of hydrogen-bond acceptors (Lipinski definition) is 3. The molecule has 0 saturated heterocycles. The van der Waals surface area contributed by atoms with Crippen LogP contribution in [-0.4, -0.2) is 17.0 Å². The predicted octanol–water partition coefficient (Wildman–Crippen LogP) is 2.68. The van der Waals surface area contributed by atoms with Crippen LogP contribution in [0, 0.1) is 17.2 Å². The van der Waals surface area contributed by atoms with Crippen molar-refractivity contribution in [3.63, 3.8) is 0 Å². The van der Waals surface area contributed by atoms with Crippen molar-refractivity contribution in [1.29, 1.82) is 0 Å². The van der Waals surface area contributed by atoms with Crippen LogP contribution >= 0.6 is 0 Å². The van der Waals surface area contributed by atoms with Crippen LogP contribution in [0.25, 0.3) is 0 Å². The number of rotatable bonds is 3. The van der Waals surface area contributed by atoms with E-state index in [4.69, 9.17) is 10.9 Å². The molecule has 6 heteroatoms. The van der Waals surface area contributed by atoms with Crippen molar-refractivity contribution >= 4 is 17.4 Å². The first kappa shape index (κ1) is 15.3. The Hall–Kier alpha value is -2.11. The van der Waals surface area contributed by atoms with E-state index >= 15 is 0 Å². The third-order valence-corrected chi connectivity index (χ3v) is 4.20. The lowest BCUT2D eigenvalue weighted by Crippen LogP contribution is -2.31. The van der Waals surface area contributed by atoms with Crippen LogP contribution < -0.4 is 11.1 Å². The van der Waals surface area contributed by atoms with Crippen molar-refractivity contribution in [3.05, 3.63) is 29.6 Å². The molecular weight excluding hydrogens is 273 g/mol. The van der Waals surface area contributed by atoms with Gasteiger partial charge in [0.15, 0.2) is 5.84 Å². The van der Waals surface area contributed by atoms with Crippen LogP contribution in [0.3, 0.4) is 0 Å². The van der Waals surface area contributed by atoms with Crippen LogP contribution in [0.15, 0.2) is 23.4 Å². The number of benzene rings is 1. The molecule has 0 bridgehead atoms. The van der Waals surface area contributed by atoms with Gasteiger partial charge in [0, 0.05) is 11.5 Å². The zero-order valence-corrected chi connectivity index (χ0v) is 12.2. The molecule has 0 heterocycles. The topological polar surface area (TPSA) is 87.7 Å². The molecule has 21 heavy (non-hydrogen) atoms. The number of halogens is 1. The second-order valence-electron chi connectivity index (χ2n) is 6.10. The highest BCUT2D eigenvalue weighted by atomic mass is 19.1. The normalized spacial score (nSPS) is 21.3. The number of amides is 1. The summed E-state index contributed by atoms with van der Waals surface area (Å²) >= 11 is 0. The van der Waals surface area contributed by atoms with Gasteiger partial charge in [-0.3, -0.25) is 4.79 Å². The minimum atomic E-state index is -0.608. The maximum atomic E-state index is 14.0. The molecular formula is C15H20FN3O2. The van der Waals surface area contributed by atoms with E-state index < -0.39 is 5.82 Å². The fraction of sp³-hybridized carbons (Fsp3) is 0.467. The van der Waals surface area contributed by atoms with E-state index in [1.807, 2.05) is 0 Å². The number of amidine groups is 1. The quantitative estimate of drug-likeness (QED) is 0.346. The van der Waals surface area contributed by atoms with Gasteiger partial charge >= 0.3 is 0 Å². The van der Waals surface area contributed by atoms with E-state index in [2.05, 4.69) is 24.3 Å². The molecule has 1 aliphatic carbocycles. The molecule has 2 rings (SSSR count). The molecule has 114 valence electrons. The van der Waals surface area contributed by atoms with Crippen LogP contribution in [0.2, 0.25) is 0 Å². The van der Waals surface area contributed by atoms with E-state index in [0.29, 0.717) is 0 Å². The Morgan fingerprint density at radius 1 is 1.52 bits per heavy atom. The van der Waals surface area contributed by atoms with Crippen LogP contribution in [0.4, 0.5) is 10.1 Å². The van der Waals surface area contributed by atoms with Crippen LogP contribution in [-0.2, 0) is 4.79 Å². The monoisotopic (exact) mass is 293 g/mol. The van der Waals surface area contributed by atoms with E-state index in [9.17, 15) is 9.18 Å². The number of nitrogens with two attached hydrogens (primary N) is 1. The number of carbonyl (C=O) groups is 1. The number of oxime groups is 1. The molecule has 0 aromatic heterocycles. The molecule has 1 aliphatic rings. The highest BCUT2D eigenvalue weighted by Crippen LogP contribution is 2.43. The highest BCUT2D eigenvalue weighted by Gasteiger charge is 2.39.